The predicted molar refractivity (Wildman–Crippen MR) is 76.6 cm³/mol. The van der Waals surface area contributed by atoms with E-state index in [1.165, 1.54) is 25.7 Å². The summed E-state index contributed by atoms with van der Waals surface area (Å²) in [6, 6.07) is 5.51. The molecule has 0 spiro atoms. The second-order valence-electron chi connectivity index (χ2n) is 5.19. The number of ketones is 1. The third kappa shape index (κ3) is 3.26. The molecule has 4 heteroatoms. The Hall–Kier alpha value is -1.55. The number of carbonyl (C=O) groups is 1. The van der Waals surface area contributed by atoms with Crippen molar-refractivity contribution in [2.45, 2.75) is 44.7 Å². The lowest BCUT2D eigenvalue weighted by molar-refractivity contribution is 0.0944. The zero-order valence-corrected chi connectivity index (χ0v) is 11.6. The van der Waals surface area contributed by atoms with Gasteiger partial charge in [-0.2, -0.15) is 0 Å². The average molecular weight is 262 g/mol. The van der Waals surface area contributed by atoms with E-state index in [1.54, 1.807) is 25.3 Å². The van der Waals surface area contributed by atoms with Crippen molar-refractivity contribution in [2.24, 2.45) is 0 Å². The highest BCUT2D eigenvalue weighted by Gasteiger charge is 2.22. The van der Waals surface area contributed by atoms with Crippen LogP contribution in [-0.2, 0) is 0 Å². The first-order valence-electron chi connectivity index (χ1n) is 6.85. The standard InChI is InChI=1S/C15H22N2O2/c1-10(17-12-5-3-4-6-12)15(18)11-7-8-14(19-2)13(16)9-11/h7-10,12,17H,3-6,16H2,1-2H3. The molecule has 0 saturated heterocycles. The number of Topliss-reactive ketones (excluding diaryl/α,β-unsaturated/α-hetero) is 1. The lowest BCUT2D eigenvalue weighted by Crippen LogP contribution is -2.40. The molecule has 0 radical (unpaired) electrons. The summed E-state index contributed by atoms with van der Waals surface area (Å²) < 4.78 is 5.10. The van der Waals surface area contributed by atoms with Gasteiger partial charge in [-0.25, -0.2) is 0 Å². The molecule has 3 N–H and O–H groups in total. The number of nitrogens with two attached hydrogens (primary N) is 1. The van der Waals surface area contributed by atoms with E-state index in [4.69, 9.17) is 10.5 Å². The molecule has 4 nitrogen and oxygen atoms in total. The first kappa shape index (κ1) is 13.9. The Labute approximate surface area is 114 Å². The largest absolute Gasteiger partial charge is 0.495 e. The van der Waals surface area contributed by atoms with Gasteiger partial charge >= 0.3 is 0 Å². The number of hydrogen-bond acceptors (Lipinski definition) is 4. The molecule has 0 aliphatic heterocycles. The Morgan fingerprint density at radius 2 is 2.11 bits per heavy atom. The first-order chi connectivity index (χ1) is 9.11. The van der Waals surface area contributed by atoms with Crippen LogP contribution in [0.15, 0.2) is 18.2 Å². The van der Waals surface area contributed by atoms with E-state index in [0.717, 1.165) is 0 Å². The number of rotatable bonds is 5. The summed E-state index contributed by atoms with van der Waals surface area (Å²) in [5.41, 5.74) is 6.97. The van der Waals surface area contributed by atoms with Crippen molar-refractivity contribution >= 4 is 11.5 Å². The highest BCUT2D eigenvalue weighted by atomic mass is 16.5. The minimum atomic E-state index is -0.170. The summed E-state index contributed by atoms with van der Waals surface area (Å²) in [5, 5.41) is 3.40. The first-order valence-corrected chi connectivity index (χ1v) is 6.85. The van der Waals surface area contributed by atoms with Gasteiger partial charge in [-0.05, 0) is 38.0 Å². The highest BCUT2D eigenvalue weighted by molar-refractivity contribution is 6.00. The number of benzene rings is 1. The summed E-state index contributed by atoms with van der Waals surface area (Å²) in [6.45, 7) is 1.92. The monoisotopic (exact) mass is 262 g/mol. The fourth-order valence-electron chi connectivity index (χ4n) is 2.66. The molecule has 1 aliphatic carbocycles. The molecule has 1 aliphatic rings. The van der Waals surface area contributed by atoms with Crippen LogP contribution in [0.2, 0.25) is 0 Å². The maximum atomic E-state index is 12.3. The topological polar surface area (TPSA) is 64.3 Å². The Kier molecular flexibility index (Phi) is 4.43. The van der Waals surface area contributed by atoms with Gasteiger partial charge in [0.2, 0.25) is 0 Å². The maximum absolute atomic E-state index is 12.3. The van der Waals surface area contributed by atoms with Crippen LogP contribution >= 0.6 is 0 Å². The molecule has 19 heavy (non-hydrogen) atoms. The van der Waals surface area contributed by atoms with Gasteiger partial charge in [0.15, 0.2) is 5.78 Å². The number of anilines is 1. The van der Waals surface area contributed by atoms with Crippen LogP contribution in [0, 0.1) is 0 Å². The molecule has 104 valence electrons. The van der Waals surface area contributed by atoms with Gasteiger partial charge in [-0.15, -0.1) is 0 Å². The molecule has 2 rings (SSSR count). The fourth-order valence-corrected chi connectivity index (χ4v) is 2.66. The van der Waals surface area contributed by atoms with Crippen molar-refractivity contribution < 1.29 is 9.53 Å². The van der Waals surface area contributed by atoms with Crippen LogP contribution in [0.5, 0.6) is 5.75 Å². The van der Waals surface area contributed by atoms with Gasteiger partial charge in [0.05, 0.1) is 18.8 Å². The lowest BCUT2D eigenvalue weighted by atomic mass is 10.0. The van der Waals surface area contributed by atoms with Crippen molar-refractivity contribution in [3.05, 3.63) is 23.8 Å². The number of methoxy groups -OCH3 is 1. The molecule has 1 aromatic rings. The second kappa shape index (κ2) is 6.06. The van der Waals surface area contributed by atoms with E-state index in [0.29, 0.717) is 23.0 Å². The molecular weight excluding hydrogens is 240 g/mol. The number of nitrogens with one attached hydrogen (secondary N) is 1. The Balaban J connectivity index is 2.03. The minimum Gasteiger partial charge on any atom is -0.495 e. The van der Waals surface area contributed by atoms with Crippen LogP contribution in [0.3, 0.4) is 0 Å². The number of hydrogen-bond donors (Lipinski definition) is 2. The quantitative estimate of drug-likeness (QED) is 0.631. The summed E-state index contributed by atoms with van der Waals surface area (Å²) in [5.74, 6) is 0.689. The third-order valence-electron chi connectivity index (χ3n) is 3.75. The van der Waals surface area contributed by atoms with Gasteiger partial charge in [0.25, 0.3) is 0 Å². The van der Waals surface area contributed by atoms with Crippen molar-refractivity contribution in [1.29, 1.82) is 0 Å². The van der Waals surface area contributed by atoms with Gasteiger partial charge < -0.3 is 15.8 Å². The molecule has 1 saturated carbocycles. The summed E-state index contributed by atoms with van der Waals surface area (Å²) in [6.07, 6.45) is 4.85. The Morgan fingerprint density at radius 3 is 2.68 bits per heavy atom. The van der Waals surface area contributed by atoms with Crippen molar-refractivity contribution in [3.63, 3.8) is 0 Å². The smallest absolute Gasteiger partial charge is 0.179 e. The average Bonchev–Trinajstić information content (AvgIpc) is 2.90. The van der Waals surface area contributed by atoms with Gasteiger partial charge in [-0.1, -0.05) is 12.8 Å². The van der Waals surface area contributed by atoms with E-state index in [1.807, 2.05) is 6.92 Å². The van der Waals surface area contributed by atoms with E-state index < -0.39 is 0 Å². The molecule has 0 aromatic heterocycles. The summed E-state index contributed by atoms with van der Waals surface area (Å²) in [7, 11) is 1.57. The normalized spacial score (nSPS) is 17.4. The van der Waals surface area contributed by atoms with Crippen molar-refractivity contribution in [1.82, 2.24) is 5.32 Å². The molecular formula is C15H22N2O2. The van der Waals surface area contributed by atoms with Gasteiger partial charge in [-0.3, -0.25) is 4.79 Å². The van der Waals surface area contributed by atoms with Crippen LogP contribution in [0.4, 0.5) is 5.69 Å². The molecule has 0 heterocycles. The van der Waals surface area contributed by atoms with Crippen LogP contribution in [-0.4, -0.2) is 25.0 Å². The van der Waals surface area contributed by atoms with Crippen molar-refractivity contribution in [2.75, 3.05) is 12.8 Å². The Morgan fingerprint density at radius 1 is 1.42 bits per heavy atom. The van der Waals surface area contributed by atoms with Gasteiger partial charge in [0, 0.05) is 11.6 Å². The maximum Gasteiger partial charge on any atom is 0.179 e. The van der Waals surface area contributed by atoms with Crippen LogP contribution in [0.25, 0.3) is 0 Å². The zero-order chi connectivity index (χ0) is 13.8. The highest BCUT2D eigenvalue weighted by Crippen LogP contribution is 2.23. The molecule has 1 fully saturated rings. The molecule has 1 atom stereocenters. The number of nitrogen functional groups attached to an aromatic ring is 1. The summed E-state index contributed by atoms with van der Waals surface area (Å²) in [4.78, 5) is 12.3. The van der Waals surface area contributed by atoms with E-state index >= 15 is 0 Å². The van der Waals surface area contributed by atoms with Gasteiger partial charge in [0.1, 0.15) is 5.75 Å². The molecule has 1 unspecified atom stereocenters. The molecule has 0 amide bonds. The van der Waals surface area contributed by atoms with Crippen molar-refractivity contribution in [3.8, 4) is 5.75 Å². The van der Waals surface area contributed by atoms with E-state index in [-0.39, 0.29) is 11.8 Å². The molecule has 0 bridgehead atoms. The predicted octanol–water partition coefficient (Wildman–Crippen LogP) is 2.38. The zero-order valence-electron chi connectivity index (χ0n) is 11.6. The number of carbonyl (C=O) groups excluding carboxylic acids is 1. The lowest BCUT2D eigenvalue weighted by Gasteiger charge is -2.18. The fraction of sp³-hybridized carbons (Fsp3) is 0.533. The van der Waals surface area contributed by atoms with E-state index in [2.05, 4.69) is 5.32 Å². The number of ether oxygens (including phenoxy) is 1. The van der Waals surface area contributed by atoms with Crippen LogP contribution in [0.1, 0.15) is 43.0 Å². The second-order valence-corrected chi connectivity index (χ2v) is 5.19. The minimum absolute atomic E-state index is 0.0845. The molecule has 1 aromatic carbocycles. The van der Waals surface area contributed by atoms with Crippen LogP contribution < -0.4 is 15.8 Å². The van der Waals surface area contributed by atoms with E-state index in [9.17, 15) is 4.79 Å². The third-order valence-corrected chi connectivity index (χ3v) is 3.75. The SMILES string of the molecule is COc1ccc(C(=O)C(C)NC2CCCC2)cc1N. The Bertz CT molecular complexity index is 453. The summed E-state index contributed by atoms with van der Waals surface area (Å²) >= 11 is 0.